The highest BCUT2D eigenvalue weighted by molar-refractivity contribution is 7.09. The molecule has 0 unspecified atom stereocenters. The zero-order valence-electron chi connectivity index (χ0n) is 9.39. The van der Waals surface area contributed by atoms with Gasteiger partial charge in [-0.15, -0.1) is 11.3 Å². The van der Waals surface area contributed by atoms with E-state index in [0.29, 0.717) is 19.8 Å². The maximum absolute atomic E-state index is 8.12. The minimum Gasteiger partial charge on any atom is -0.382 e. The molecule has 0 fully saturated rings. The molecule has 0 bridgehead atoms. The molecule has 90 valence electrons. The van der Waals surface area contributed by atoms with Gasteiger partial charge in [-0.3, -0.25) is 0 Å². The Labute approximate surface area is 98.4 Å². The zero-order chi connectivity index (χ0) is 12.2. The van der Waals surface area contributed by atoms with E-state index in [4.69, 9.17) is 19.1 Å². The standard InChI is InChI=1S/C9H15NO2S.CO2/c1-3-8-7-13-9(10-8)6-12-5-4-11-2;2-1-3/h7H,3-6H2,1-2H3;. The number of aromatic nitrogens is 1. The first-order chi connectivity index (χ1) is 7.78. The number of nitrogens with zero attached hydrogens (tertiary/aromatic N) is 1. The second kappa shape index (κ2) is 10.4. The predicted molar refractivity (Wildman–Crippen MR) is 58.0 cm³/mol. The van der Waals surface area contributed by atoms with Crippen molar-refractivity contribution in [2.75, 3.05) is 20.3 Å². The van der Waals surface area contributed by atoms with E-state index in [2.05, 4.69) is 17.3 Å². The summed E-state index contributed by atoms with van der Waals surface area (Å²) in [6, 6.07) is 0. The maximum Gasteiger partial charge on any atom is 0.373 e. The van der Waals surface area contributed by atoms with Crippen LogP contribution in [0.5, 0.6) is 0 Å². The van der Waals surface area contributed by atoms with Gasteiger partial charge in [0.05, 0.1) is 25.5 Å². The predicted octanol–water partition coefficient (Wildman–Crippen LogP) is 1.28. The van der Waals surface area contributed by atoms with Crippen LogP contribution in [-0.4, -0.2) is 31.5 Å². The number of thiazole rings is 1. The molecule has 5 nitrogen and oxygen atoms in total. The van der Waals surface area contributed by atoms with Gasteiger partial charge in [0.1, 0.15) is 5.01 Å². The van der Waals surface area contributed by atoms with Crippen LogP contribution in [0.2, 0.25) is 0 Å². The van der Waals surface area contributed by atoms with Crippen LogP contribution >= 0.6 is 11.3 Å². The van der Waals surface area contributed by atoms with Crippen LogP contribution in [0.4, 0.5) is 0 Å². The molecule has 0 aromatic carbocycles. The number of hydrogen-bond donors (Lipinski definition) is 0. The Morgan fingerprint density at radius 1 is 1.44 bits per heavy atom. The summed E-state index contributed by atoms with van der Waals surface area (Å²) in [5.74, 6) is 0. The van der Waals surface area contributed by atoms with Crippen molar-refractivity contribution in [1.29, 1.82) is 0 Å². The van der Waals surface area contributed by atoms with Gasteiger partial charge in [0.2, 0.25) is 0 Å². The van der Waals surface area contributed by atoms with E-state index in [0.717, 1.165) is 17.1 Å². The highest BCUT2D eigenvalue weighted by Crippen LogP contribution is 2.10. The molecule has 0 aliphatic carbocycles. The second-order valence-electron chi connectivity index (χ2n) is 2.71. The highest BCUT2D eigenvalue weighted by Gasteiger charge is 1.99. The average Bonchev–Trinajstić information content (AvgIpc) is 2.73. The van der Waals surface area contributed by atoms with Crippen LogP contribution < -0.4 is 0 Å². The van der Waals surface area contributed by atoms with Gasteiger partial charge in [0, 0.05) is 12.5 Å². The number of rotatable bonds is 6. The maximum atomic E-state index is 8.12. The third-order valence-electron chi connectivity index (χ3n) is 1.62. The Balaban J connectivity index is 0.000000673. The topological polar surface area (TPSA) is 65.5 Å². The Hall–Kier alpha value is -1.07. The molecule has 16 heavy (non-hydrogen) atoms. The van der Waals surface area contributed by atoms with E-state index >= 15 is 0 Å². The molecular weight excluding hydrogens is 230 g/mol. The summed E-state index contributed by atoms with van der Waals surface area (Å²) in [5, 5.41) is 3.13. The van der Waals surface area contributed by atoms with Crippen LogP contribution in [0.3, 0.4) is 0 Å². The quantitative estimate of drug-likeness (QED) is 0.706. The lowest BCUT2D eigenvalue weighted by molar-refractivity contribution is -0.191. The van der Waals surface area contributed by atoms with Crippen LogP contribution in [0.15, 0.2) is 5.38 Å². The molecule has 0 radical (unpaired) electrons. The van der Waals surface area contributed by atoms with Crippen LogP contribution in [-0.2, 0) is 32.1 Å². The van der Waals surface area contributed by atoms with Crippen LogP contribution in [0, 0.1) is 0 Å². The Morgan fingerprint density at radius 2 is 2.12 bits per heavy atom. The third kappa shape index (κ3) is 7.25. The summed E-state index contributed by atoms with van der Waals surface area (Å²) < 4.78 is 10.2. The molecular formula is C10H15NO4S. The first-order valence-electron chi connectivity index (χ1n) is 4.77. The van der Waals surface area contributed by atoms with Crippen LogP contribution in [0.1, 0.15) is 17.6 Å². The zero-order valence-corrected chi connectivity index (χ0v) is 10.2. The summed E-state index contributed by atoms with van der Waals surface area (Å²) in [7, 11) is 1.67. The molecule has 0 saturated carbocycles. The molecule has 1 rings (SSSR count). The van der Waals surface area contributed by atoms with E-state index in [1.54, 1.807) is 18.4 Å². The molecule has 0 aliphatic heterocycles. The van der Waals surface area contributed by atoms with Crippen molar-refractivity contribution in [3.05, 3.63) is 16.1 Å². The van der Waals surface area contributed by atoms with Gasteiger partial charge in [0.15, 0.2) is 0 Å². The van der Waals surface area contributed by atoms with E-state index in [1.165, 1.54) is 0 Å². The summed E-state index contributed by atoms with van der Waals surface area (Å²) >= 11 is 1.66. The van der Waals surface area contributed by atoms with E-state index < -0.39 is 0 Å². The molecule has 0 spiro atoms. The van der Waals surface area contributed by atoms with Crippen molar-refractivity contribution in [2.24, 2.45) is 0 Å². The number of carbonyl (C=O) groups excluding carboxylic acids is 2. The summed E-state index contributed by atoms with van der Waals surface area (Å²) in [6.07, 6.45) is 1.24. The normalized spacial score (nSPS) is 9.12. The lowest BCUT2D eigenvalue weighted by atomic mass is 10.4. The van der Waals surface area contributed by atoms with Gasteiger partial charge < -0.3 is 9.47 Å². The lowest BCUT2D eigenvalue weighted by Crippen LogP contribution is -2.01. The van der Waals surface area contributed by atoms with E-state index in [1.807, 2.05) is 0 Å². The second-order valence-corrected chi connectivity index (χ2v) is 3.66. The monoisotopic (exact) mass is 245 g/mol. The summed E-state index contributed by atoms with van der Waals surface area (Å²) in [6.45, 7) is 3.99. The smallest absolute Gasteiger partial charge is 0.373 e. The first-order valence-corrected chi connectivity index (χ1v) is 5.65. The molecule has 1 aromatic heterocycles. The summed E-state index contributed by atoms with van der Waals surface area (Å²) in [4.78, 5) is 20.6. The van der Waals surface area contributed by atoms with Gasteiger partial charge in [-0.2, -0.15) is 9.59 Å². The number of ether oxygens (including phenoxy) is 2. The Morgan fingerprint density at radius 3 is 2.62 bits per heavy atom. The van der Waals surface area contributed by atoms with E-state index in [-0.39, 0.29) is 6.15 Å². The molecule has 1 aromatic rings. The summed E-state index contributed by atoms with van der Waals surface area (Å²) in [5.41, 5.74) is 1.15. The van der Waals surface area contributed by atoms with Crippen molar-refractivity contribution in [3.63, 3.8) is 0 Å². The molecule has 0 N–H and O–H groups in total. The molecule has 0 amide bonds. The largest absolute Gasteiger partial charge is 0.382 e. The Bertz CT molecular complexity index is 308. The lowest BCUT2D eigenvalue weighted by Gasteiger charge is -1.99. The molecule has 0 aliphatic rings. The fourth-order valence-corrected chi connectivity index (χ4v) is 1.69. The number of aryl methyl sites for hydroxylation is 1. The average molecular weight is 245 g/mol. The van der Waals surface area contributed by atoms with Gasteiger partial charge in [-0.1, -0.05) is 6.92 Å². The van der Waals surface area contributed by atoms with Crippen molar-refractivity contribution >= 4 is 17.5 Å². The van der Waals surface area contributed by atoms with Crippen molar-refractivity contribution in [1.82, 2.24) is 4.98 Å². The Kier molecular flexibility index (Phi) is 9.75. The van der Waals surface area contributed by atoms with Crippen molar-refractivity contribution in [2.45, 2.75) is 20.0 Å². The number of hydrogen-bond acceptors (Lipinski definition) is 6. The minimum absolute atomic E-state index is 0.250. The van der Waals surface area contributed by atoms with Gasteiger partial charge >= 0.3 is 6.15 Å². The van der Waals surface area contributed by atoms with Crippen molar-refractivity contribution in [3.8, 4) is 0 Å². The van der Waals surface area contributed by atoms with Gasteiger partial charge in [-0.25, -0.2) is 4.98 Å². The molecule has 1 heterocycles. The van der Waals surface area contributed by atoms with Crippen LogP contribution in [0.25, 0.3) is 0 Å². The van der Waals surface area contributed by atoms with E-state index in [9.17, 15) is 0 Å². The number of methoxy groups -OCH3 is 1. The third-order valence-corrected chi connectivity index (χ3v) is 2.49. The fraction of sp³-hybridized carbons (Fsp3) is 0.600. The first kappa shape index (κ1) is 14.9. The SMILES string of the molecule is CCc1csc(COCCOC)n1.O=C=O. The molecule has 0 saturated heterocycles. The highest BCUT2D eigenvalue weighted by atomic mass is 32.1. The minimum atomic E-state index is 0.250. The fourth-order valence-electron chi connectivity index (χ4n) is 0.879. The van der Waals surface area contributed by atoms with Gasteiger partial charge in [0.25, 0.3) is 0 Å². The van der Waals surface area contributed by atoms with Crippen molar-refractivity contribution < 1.29 is 19.1 Å². The van der Waals surface area contributed by atoms with Gasteiger partial charge in [-0.05, 0) is 6.42 Å². The molecule has 0 atom stereocenters. The molecule has 6 heteroatoms.